The molecule has 0 radical (unpaired) electrons. The number of aromatic nitrogens is 1. The minimum atomic E-state index is 0.0735. The average molecular weight is 361 g/mol. The van der Waals surface area contributed by atoms with Crippen LogP contribution in [0.2, 0.25) is 0 Å². The molecule has 0 bridgehead atoms. The van der Waals surface area contributed by atoms with E-state index in [4.69, 9.17) is 4.98 Å². The van der Waals surface area contributed by atoms with E-state index < -0.39 is 0 Å². The Hall–Kier alpha value is -1.82. The minimum Gasteiger partial charge on any atom is -0.345 e. The lowest BCUT2D eigenvalue weighted by Gasteiger charge is -2.35. The molecule has 25 heavy (non-hydrogen) atoms. The van der Waals surface area contributed by atoms with Crippen molar-refractivity contribution in [2.45, 2.75) is 46.6 Å². The van der Waals surface area contributed by atoms with Gasteiger partial charge in [-0.1, -0.05) is 37.3 Å². The first kappa shape index (κ1) is 18.0. The van der Waals surface area contributed by atoms with Crippen LogP contribution < -0.4 is 10.2 Å². The van der Waals surface area contributed by atoms with Gasteiger partial charge in [0.25, 0.3) is 0 Å². The molecule has 136 valence electrons. The van der Waals surface area contributed by atoms with Crippen molar-refractivity contribution in [2.24, 2.45) is 0 Å². The lowest BCUT2D eigenvalue weighted by molar-refractivity contribution is 0.189. The van der Waals surface area contributed by atoms with Crippen LogP contribution in [0.5, 0.6) is 0 Å². The Morgan fingerprint density at radius 1 is 1.16 bits per heavy atom. The number of carbonyl (C=O) groups is 1. The van der Waals surface area contributed by atoms with Gasteiger partial charge in [0.15, 0.2) is 5.13 Å². The highest BCUT2D eigenvalue weighted by molar-refractivity contribution is 7.22. The summed E-state index contributed by atoms with van der Waals surface area (Å²) in [6, 6.07) is 4.66. The standard InChI is InChI=1S/C19H28N4OS/c1-5-15(6-2)20-18(24)22-9-11-23(12-10-22)19-21-16-13(3)7-8-14(4)17(16)25-19/h7-8,15H,5-6,9-12H2,1-4H3,(H,20,24). The van der Waals surface area contributed by atoms with E-state index in [2.05, 4.69) is 50.0 Å². The maximum Gasteiger partial charge on any atom is 0.317 e. The fourth-order valence-corrected chi connectivity index (χ4v) is 4.41. The van der Waals surface area contributed by atoms with Crippen LogP contribution in [0, 0.1) is 13.8 Å². The molecule has 0 unspecified atom stereocenters. The number of thiazole rings is 1. The molecule has 0 saturated carbocycles. The molecular weight excluding hydrogens is 332 g/mol. The Bertz CT molecular complexity index is 706. The number of fused-ring (bicyclic) bond motifs is 1. The van der Waals surface area contributed by atoms with Crippen molar-refractivity contribution in [3.8, 4) is 0 Å². The first-order valence-electron chi connectivity index (χ1n) is 9.20. The fourth-order valence-electron chi connectivity index (χ4n) is 3.24. The Kier molecular flexibility index (Phi) is 5.47. The number of rotatable bonds is 4. The maximum absolute atomic E-state index is 12.4. The van der Waals surface area contributed by atoms with Crippen molar-refractivity contribution in [3.05, 3.63) is 23.3 Å². The third kappa shape index (κ3) is 3.73. The van der Waals surface area contributed by atoms with E-state index in [0.717, 1.165) is 49.7 Å². The van der Waals surface area contributed by atoms with Gasteiger partial charge >= 0.3 is 6.03 Å². The number of nitrogens with one attached hydrogen (secondary N) is 1. The smallest absolute Gasteiger partial charge is 0.317 e. The second-order valence-corrected chi connectivity index (χ2v) is 7.79. The second-order valence-electron chi connectivity index (χ2n) is 6.81. The number of anilines is 1. The molecule has 1 fully saturated rings. The molecule has 2 aromatic rings. The average Bonchev–Trinajstić information content (AvgIpc) is 3.09. The number of urea groups is 1. The van der Waals surface area contributed by atoms with Crippen LogP contribution in [-0.4, -0.2) is 48.1 Å². The van der Waals surface area contributed by atoms with Crippen LogP contribution in [0.4, 0.5) is 9.93 Å². The normalized spacial score (nSPS) is 15.2. The van der Waals surface area contributed by atoms with Gasteiger partial charge in [0, 0.05) is 32.2 Å². The molecule has 0 atom stereocenters. The number of carbonyl (C=O) groups excluding carboxylic acids is 1. The van der Waals surface area contributed by atoms with E-state index in [-0.39, 0.29) is 12.1 Å². The van der Waals surface area contributed by atoms with Crippen molar-refractivity contribution in [3.63, 3.8) is 0 Å². The summed E-state index contributed by atoms with van der Waals surface area (Å²) in [4.78, 5) is 21.5. The molecule has 1 saturated heterocycles. The summed E-state index contributed by atoms with van der Waals surface area (Å²) in [6.07, 6.45) is 1.96. The highest BCUT2D eigenvalue weighted by atomic mass is 32.1. The van der Waals surface area contributed by atoms with E-state index in [1.807, 2.05) is 4.90 Å². The number of hydrogen-bond acceptors (Lipinski definition) is 4. The predicted molar refractivity (Wildman–Crippen MR) is 106 cm³/mol. The molecule has 2 heterocycles. The van der Waals surface area contributed by atoms with Gasteiger partial charge in [-0.05, 0) is 37.8 Å². The van der Waals surface area contributed by atoms with Gasteiger partial charge in [-0.25, -0.2) is 9.78 Å². The van der Waals surface area contributed by atoms with Gasteiger partial charge < -0.3 is 15.1 Å². The Morgan fingerprint density at radius 2 is 1.80 bits per heavy atom. The first-order valence-corrected chi connectivity index (χ1v) is 10.0. The Morgan fingerprint density at radius 3 is 2.40 bits per heavy atom. The molecule has 0 aliphatic carbocycles. The van der Waals surface area contributed by atoms with Crippen LogP contribution in [-0.2, 0) is 0 Å². The number of benzene rings is 1. The van der Waals surface area contributed by atoms with Gasteiger partial charge in [0.2, 0.25) is 0 Å². The predicted octanol–water partition coefficient (Wildman–Crippen LogP) is 3.93. The summed E-state index contributed by atoms with van der Waals surface area (Å²) in [5.74, 6) is 0. The number of aryl methyl sites for hydroxylation is 2. The number of nitrogens with zero attached hydrogens (tertiary/aromatic N) is 3. The molecule has 1 aliphatic heterocycles. The van der Waals surface area contributed by atoms with Crippen molar-refractivity contribution in [1.29, 1.82) is 0 Å². The molecule has 1 aromatic heterocycles. The van der Waals surface area contributed by atoms with E-state index >= 15 is 0 Å². The second kappa shape index (κ2) is 7.60. The van der Waals surface area contributed by atoms with Gasteiger partial charge in [0.1, 0.15) is 0 Å². The lowest BCUT2D eigenvalue weighted by Crippen LogP contribution is -2.53. The van der Waals surface area contributed by atoms with Crippen LogP contribution in [0.1, 0.15) is 37.8 Å². The summed E-state index contributed by atoms with van der Waals surface area (Å²) in [6.45, 7) is 11.7. The molecule has 1 aromatic carbocycles. The van der Waals surface area contributed by atoms with Crippen LogP contribution >= 0.6 is 11.3 Å². The summed E-state index contributed by atoms with van der Waals surface area (Å²) >= 11 is 1.77. The van der Waals surface area contributed by atoms with Crippen LogP contribution in [0.15, 0.2) is 12.1 Å². The number of amides is 2. The third-order valence-electron chi connectivity index (χ3n) is 5.08. The van der Waals surface area contributed by atoms with Crippen molar-refractivity contribution < 1.29 is 4.79 Å². The molecule has 5 nitrogen and oxygen atoms in total. The number of piperazine rings is 1. The lowest BCUT2D eigenvalue weighted by atomic mass is 10.1. The van der Waals surface area contributed by atoms with Crippen molar-refractivity contribution in [2.75, 3.05) is 31.1 Å². The molecule has 1 aliphatic rings. The summed E-state index contributed by atoms with van der Waals surface area (Å²) in [7, 11) is 0. The van der Waals surface area contributed by atoms with E-state index in [9.17, 15) is 4.79 Å². The van der Waals surface area contributed by atoms with Gasteiger partial charge in [-0.15, -0.1) is 0 Å². The van der Waals surface area contributed by atoms with Gasteiger partial charge in [-0.2, -0.15) is 0 Å². The van der Waals surface area contributed by atoms with Gasteiger partial charge in [0.05, 0.1) is 10.2 Å². The van der Waals surface area contributed by atoms with Crippen molar-refractivity contribution >= 4 is 32.7 Å². The SMILES string of the molecule is CCC(CC)NC(=O)N1CCN(c2nc3c(C)ccc(C)c3s2)CC1. The third-order valence-corrected chi connectivity index (χ3v) is 6.33. The zero-order chi connectivity index (χ0) is 18.0. The highest BCUT2D eigenvalue weighted by Gasteiger charge is 2.24. The van der Waals surface area contributed by atoms with E-state index in [1.165, 1.54) is 15.8 Å². The summed E-state index contributed by atoms with van der Waals surface area (Å²) < 4.78 is 1.28. The van der Waals surface area contributed by atoms with Crippen molar-refractivity contribution in [1.82, 2.24) is 15.2 Å². The van der Waals surface area contributed by atoms with E-state index in [0.29, 0.717) is 0 Å². The van der Waals surface area contributed by atoms with E-state index in [1.54, 1.807) is 11.3 Å². The largest absolute Gasteiger partial charge is 0.345 e. The summed E-state index contributed by atoms with van der Waals surface area (Å²) in [5, 5.41) is 4.21. The monoisotopic (exact) mass is 360 g/mol. The quantitative estimate of drug-likeness (QED) is 0.898. The molecule has 0 spiro atoms. The highest BCUT2D eigenvalue weighted by Crippen LogP contribution is 2.33. The Labute approximate surface area is 154 Å². The molecule has 1 N–H and O–H groups in total. The molecule has 2 amide bonds. The maximum atomic E-state index is 12.4. The molecule has 3 rings (SSSR count). The van der Waals surface area contributed by atoms with Crippen LogP contribution in [0.3, 0.4) is 0 Å². The summed E-state index contributed by atoms with van der Waals surface area (Å²) in [5.41, 5.74) is 3.63. The zero-order valence-corrected chi connectivity index (χ0v) is 16.4. The first-order chi connectivity index (χ1) is 12.0. The fraction of sp³-hybridized carbons (Fsp3) is 0.579. The van der Waals surface area contributed by atoms with Gasteiger partial charge in [-0.3, -0.25) is 0 Å². The Balaban J connectivity index is 1.65. The van der Waals surface area contributed by atoms with Crippen LogP contribution in [0.25, 0.3) is 10.2 Å². The number of hydrogen-bond donors (Lipinski definition) is 1. The minimum absolute atomic E-state index is 0.0735. The zero-order valence-electron chi connectivity index (χ0n) is 15.6. The topological polar surface area (TPSA) is 48.5 Å². The molecule has 6 heteroatoms. The molecular formula is C19H28N4OS.